The lowest BCUT2D eigenvalue weighted by Gasteiger charge is -2.14. The number of halogens is 1. The van der Waals surface area contributed by atoms with Crippen LogP contribution in [0.15, 0.2) is 36.4 Å². The number of aryl methyl sites for hydroxylation is 1. The van der Waals surface area contributed by atoms with E-state index in [1.165, 1.54) is 12.1 Å². The molecule has 0 radical (unpaired) electrons. The molecule has 2 N–H and O–H groups in total. The van der Waals surface area contributed by atoms with Gasteiger partial charge in [0, 0.05) is 12.1 Å². The number of para-hydroxylation sites is 1. The average Bonchev–Trinajstić information content (AvgIpc) is 2.49. The fourth-order valence-electron chi connectivity index (χ4n) is 1.98. The summed E-state index contributed by atoms with van der Waals surface area (Å²) in [5, 5.41) is 0. The number of nitrogens with two attached hydrogens (primary N) is 1. The number of ether oxygens (including phenoxy) is 2. The number of rotatable bonds is 6. The highest BCUT2D eigenvalue weighted by Crippen LogP contribution is 2.34. The van der Waals surface area contributed by atoms with E-state index in [-0.39, 0.29) is 11.4 Å². The van der Waals surface area contributed by atoms with Crippen molar-refractivity contribution in [2.24, 2.45) is 0 Å². The molecular formula is C17H20FNO2. The molecule has 112 valence electrons. The molecule has 2 aromatic rings. The molecule has 0 aliphatic heterocycles. The van der Waals surface area contributed by atoms with E-state index in [1.54, 1.807) is 0 Å². The van der Waals surface area contributed by atoms with Gasteiger partial charge in [0.1, 0.15) is 5.75 Å². The Balaban J connectivity index is 2.30. The zero-order valence-corrected chi connectivity index (χ0v) is 12.4. The Labute approximate surface area is 124 Å². The standard InChI is InChI=1S/C17H20FNO2/c1-3-9-20-16-11-17(14(19)10-13(16)18)21-15-8-6-5-7-12(15)4-2/h5-8,10-11H,3-4,9,19H2,1-2H3. The second kappa shape index (κ2) is 6.97. The number of benzene rings is 2. The fraction of sp³-hybridized carbons (Fsp3) is 0.294. The molecule has 4 heteroatoms. The third-order valence-corrected chi connectivity index (χ3v) is 3.10. The smallest absolute Gasteiger partial charge is 0.167 e. The summed E-state index contributed by atoms with van der Waals surface area (Å²) < 4.78 is 25.0. The molecule has 0 saturated carbocycles. The van der Waals surface area contributed by atoms with Crippen LogP contribution in [0.25, 0.3) is 0 Å². The summed E-state index contributed by atoms with van der Waals surface area (Å²) in [4.78, 5) is 0. The van der Waals surface area contributed by atoms with Gasteiger partial charge in [0.05, 0.1) is 12.3 Å². The Morgan fingerprint density at radius 2 is 1.81 bits per heavy atom. The molecule has 2 aromatic carbocycles. The van der Waals surface area contributed by atoms with Gasteiger partial charge in [0.15, 0.2) is 17.3 Å². The Morgan fingerprint density at radius 3 is 2.52 bits per heavy atom. The van der Waals surface area contributed by atoms with E-state index >= 15 is 0 Å². The first-order valence-corrected chi connectivity index (χ1v) is 7.13. The van der Waals surface area contributed by atoms with Gasteiger partial charge in [-0.2, -0.15) is 0 Å². The monoisotopic (exact) mass is 289 g/mol. The predicted molar refractivity (Wildman–Crippen MR) is 82.5 cm³/mol. The van der Waals surface area contributed by atoms with E-state index in [1.807, 2.05) is 38.1 Å². The van der Waals surface area contributed by atoms with E-state index in [4.69, 9.17) is 15.2 Å². The molecule has 21 heavy (non-hydrogen) atoms. The topological polar surface area (TPSA) is 44.5 Å². The zero-order valence-electron chi connectivity index (χ0n) is 12.4. The van der Waals surface area contributed by atoms with Crippen LogP contribution < -0.4 is 15.2 Å². The fourth-order valence-corrected chi connectivity index (χ4v) is 1.98. The SMILES string of the molecule is CCCOc1cc(Oc2ccccc2CC)c(N)cc1F. The van der Waals surface area contributed by atoms with Crippen molar-refractivity contribution in [2.45, 2.75) is 26.7 Å². The molecule has 0 aromatic heterocycles. The summed E-state index contributed by atoms with van der Waals surface area (Å²) in [5.41, 5.74) is 7.16. The van der Waals surface area contributed by atoms with Gasteiger partial charge in [-0.15, -0.1) is 0 Å². The summed E-state index contributed by atoms with van der Waals surface area (Å²) in [6, 6.07) is 10.4. The molecule has 2 rings (SSSR count). The quantitative estimate of drug-likeness (QED) is 0.793. The minimum atomic E-state index is -0.475. The van der Waals surface area contributed by atoms with Crippen molar-refractivity contribution in [1.29, 1.82) is 0 Å². The average molecular weight is 289 g/mol. The Kier molecular flexibility index (Phi) is 5.04. The van der Waals surface area contributed by atoms with Crippen molar-refractivity contribution in [1.82, 2.24) is 0 Å². The second-order valence-electron chi connectivity index (χ2n) is 4.73. The van der Waals surface area contributed by atoms with Gasteiger partial charge in [-0.05, 0) is 24.5 Å². The first-order valence-electron chi connectivity index (χ1n) is 7.13. The van der Waals surface area contributed by atoms with Crippen molar-refractivity contribution in [3.63, 3.8) is 0 Å². The molecule has 0 spiro atoms. The number of hydrogen-bond acceptors (Lipinski definition) is 3. The van der Waals surface area contributed by atoms with Crippen molar-refractivity contribution < 1.29 is 13.9 Å². The first-order chi connectivity index (χ1) is 10.2. The van der Waals surface area contributed by atoms with E-state index in [9.17, 15) is 4.39 Å². The normalized spacial score (nSPS) is 10.4. The highest BCUT2D eigenvalue weighted by molar-refractivity contribution is 5.58. The summed E-state index contributed by atoms with van der Waals surface area (Å²) >= 11 is 0. The summed E-state index contributed by atoms with van der Waals surface area (Å²) in [6.07, 6.45) is 1.65. The minimum absolute atomic E-state index is 0.162. The zero-order chi connectivity index (χ0) is 15.2. The van der Waals surface area contributed by atoms with Gasteiger partial charge >= 0.3 is 0 Å². The number of anilines is 1. The van der Waals surface area contributed by atoms with Crippen LogP contribution in [-0.4, -0.2) is 6.61 Å². The molecule has 0 bridgehead atoms. The predicted octanol–water partition coefficient (Wildman–Crippen LogP) is 4.55. The van der Waals surface area contributed by atoms with E-state index in [0.717, 1.165) is 24.2 Å². The molecule has 0 aliphatic rings. The van der Waals surface area contributed by atoms with E-state index in [2.05, 4.69) is 0 Å². The first kappa shape index (κ1) is 15.2. The van der Waals surface area contributed by atoms with Crippen LogP contribution in [0, 0.1) is 5.82 Å². The molecule has 0 fully saturated rings. The molecule has 0 aliphatic carbocycles. The third kappa shape index (κ3) is 3.66. The second-order valence-corrected chi connectivity index (χ2v) is 4.73. The van der Waals surface area contributed by atoms with E-state index < -0.39 is 5.82 Å². The van der Waals surface area contributed by atoms with Gasteiger partial charge in [-0.25, -0.2) is 4.39 Å². The van der Waals surface area contributed by atoms with Crippen LogP contribution >= 0.6 is 0 Å². The highest BCUT2D eigenvalue weighted by atomic mass is 19.1. The lowest BCUT2D eigenvalue weighted by atomic mass is 10.1. The van der Waals surface area contributed by atoms with Crippen LogP contribution in [0.4, 0.5) is 10.1 Å². The molecule has 0 heterocycles. The number of nitrogen functional groups attached to an aromatic ring is 1. The van der Waals surface area contributed by atoms with Gasteiger partial charge < -0.3 is 15.2 Å². The highest BCUT2D eigenvalue weighted by Gasteiger charge is 2.12. The van der Waals surface area contributed by atoms with Crippen LogP contribution in [0.3, 0.4) is 0 Å². The van der Waals surface area contributed by atoms with E-state index in [0.29, 0.717) is 12.4 Å². The third-order valence-electron chi connectivity index (χ3n) is 3.10. The van der Waals surface area contributed by atoms with Crippen LogP contribution in [0.1, 0.15) is 25.8 Å². The van der Waals surface area contributed by atoms with Crippen LogP contribution in [0.2, 0.25) is 0 Å². The van der Waals surface area contributed by atoms with Gasteiger partial charge in [-0.3, -0.25) is 0 Å². The summed E-state index contributed by atoms with van der Waals surface area (Å²) in [7, 11) is 0. The van der Waals surface area contributed by atoms with Gasteiger partial charge in [0.2, 0.25) is 0 Å². The lowest BCUT2D eigenvalue weighted by Crippen LogP contribution is -2.01. The van der Waals surface area contributed by atoms with Crippen molar-refractivity contribution >= 4 is 5.69 Å². The molecule has 3 nitrogen and oxygen atoms in total. The Hall–Kier alpha value is -2.23. The lowest BCUT2D eigenvalue weighted by molar-refractivity contribution is 0.299. The largest absolute Gasteiger partial charge is 0.490 e. The van der Waals surface area contributed by atoms with Crippen LogP contribution in [-0.2, 0) is 6.42 Å². The van der Waals surface area contributed by atoms with Crippen molar-refractivity contribution in [3.05, 3.63) is 47.8 Å². The Morgan fingerprint density at radius 1 is 1.05 bits per heavy atom. The molecule has 0 unspecified atom stereocenters. The van der Waals surface area contributed by atoms with Crippen molar-refractivity contribution in [3.8, 4) is 17.2 Å². The summed E-state index contributed by atoms with van der Waals surface area (Å²) in [6.45, 7) is 4.46. The minimum Gasteiger partial charge on any atom is -0.490 e. The molecule has 0 amide bonds. The van der Waals surface area contributed by atoms with Crippen molar-refractivity contribution in [2.75, 3.05) is 12.3 Å². The Bertz CT molecular complexity index is 614. The van der Waals surface area contributed by atoms with Gasteiger partial charge in [0.25, 0.3) is 0 Å². The molecule has 0 saturated heterocycles. The molecule has 0 atom stereocenters. The van der Waals surface area contributed by atoms with Crippen LogP contribution in [0.5, 0.6) is 17.2 Å². The van der Waals surface area contributed by atoms with Gasteiger partial charge in [-0.1, -0.05) is 32.0 Å². The maximum Gasteiger partial charge on any atom is 0.167 e. The summed E-state index contributed by atoms with van der Waals surface area (Å²) in [5.74, 6) is 0.815. The molecular weight excluding hydrogens is 269 g/mol. The maximum absolute atomic E-state index is 13.8. The maximum atomic E-state index is 13.8. The number of hydrogen-bond donors (Lipinski definition) is 1.